The molecular weight excluding hydrogens is 1750 g/mol. The van der Waals surface area contributed by atoms with Crippen molar-refractivity contribution in [1.82, 2.24) is 53.2 Å². The number of para-hydroxylation sites is 8. The average molecular weight is 1840 g/mol. The number of fused-ring (bicyclic) bond motifs is 14. The number of benzene rings is 19. The van der Waals surface area contributed by atoms with Crippen LogP contribution < -0.4 is 0 Å². The van der Waals surface area contributed by atoms with Gasteiger partial charge in [-0.2, -0.15) is 0 Å². The first kappa shape index (κ1) is 83.8. The Morgan fingerprint density at radius 1 is 0.132 bits per heavy atom. The zero-order valence-electron chi connectivity index (χ0n) is 78.0. The first-order valence-electron chi connectivity index (χ1n) is 48.7. The lowest BCUT2D eigenvalue weighted by Crippen LogP contribution is -1.97. The van der Waals surface area contributed by atoms with Crippen molar-refractivity contribution in [1.29, 1.82) is 0 Å². The van der Waals surface area contributed by atoms with Gasteiger partial charge in [-0.3, -0.25) is 4.98 Å². The van der Waals surface area contributed by atoms with Crippen LogP contribution in [0.5, 0.6) is 0 Å². The predicted octanol–water partition coefficient (Wildman–Crippen LogP) is 33.8. The number of rotatable bonds is 16. The largest absolute Gasteiger partial charge is 0.309 e. The van der Waals surface area contributed by atoms with Crippen LogP contribution in [0.2, 0.25) is 0 Å². The molecule has 28 rings (SSSR count). The van der Waals surface area contributed by atoms with Gasteiger partial charge in [-0.1, -0.05) is 334 Å². The Morgan fingerprint density at radius 3 is 0.722 bits per heavy atom. The molecule has 0 aliphatic heterocycles. The van der Waals surface area contributed by atoms with Crippen molar-refractivity contribution in [3.8, 4) is 158 Å². The Kier molecular flexibility index (Phi) is 20.7. The predicted molar refractivity (Wildman–Crippen MR) is 595 cm³/mol. The number of hydrogen-bond donors (Lipinski definition) is 0. The van der Waals surface area contributed by atoms with Gasteiger partial charge in [0.25, 0.3) is 0 Å². The number of hydrogen-bond acceptors (Lipinski definition) is 7. The van der Waals surface area contributed by atoms with Crippen molar-refractivity contribution < 1.29 is 0 Å². The molecule has 9 aromatic heterocycles. The highest BCUT2D eigenvalue weighted by molar-refractivity contribution is 6.15. The maximum Gasteiger partial charge on any atom is 0.160 e. The van der Waals surface area contributed by atoms with E-state index in [1.165, 1.54) is 76.2 Å². The molecule has 11 nitrogen and oxygen atoms in total. The molecular formula is C133H85N11. The molecule has 9 heterocycles. The fourth-order valence-corrected chi connectivity index (χ4v) is 21.2. The van der Waals surface area contributed by atoms with E-state index < -0.39 is 0 Å². The monoisotopic (exact) mass is 1840 g/mol. The first-order chi connectivity index (χ1) is 71.4. The second-order valence-corrected chi connectivity index (χ2v) is 36.7. The van der Waals surface area contributed by atoms with E-state index in [1.54, 1.807) is 0 Å². The SMILES string of the molecule is c1ccc(-c2cc(-c3ccc(-c4cc(-c5ccc6c(c5)c5ccccc5n6-c5ccccc5)nc5ccc(-c6ccc7c(c6)c6ccccc6n7-c6ccccc6)cc45)cc3)nc(-c3ccccc3)n2)cc1.c1ccc(-c2cc(-c3ccc(-c4cc(-c5ccc6c(c5)c5ccccc5n6-c5ccccc5)nc5ccc(-c6ccc7c(c6)c6ccccc6n7-c6ccccc6)cc45)cn3)nc(-c3ccccc3)n2)cc1. The zero-order chi connectivity index (χ0) is 95.1. The van der Waals surface area contributed by atoms with Crippen LogP contribution in [-0.2, 0) is 0 Å². The Bertz CT molecular complexity index is 9150. The molecule has 0 saturated heterocycles. The minimum atomic E-state index is 0.654. The van der Waals surface area contributed by atoms with Gasteiger partial charge in [-0.15, -0.1) is 0 Å². The van der Waals surface area contributed by atoms with Gasteiger partial charge in [-0.25, -0.2) is 29.9 Å². The van der Waals surface area contributed by atoms with E-state index in [2.05, 4.69) is 449 Å². The second-order valence-electron chi connectivity index (χ2n) is 36.7. The molecule has 0 bridgehead atoms. The van der Waals surface area contributed by atoms with Gasteiger partial charge in [0.1, 0.15) is 0 Å². The lowest BCUT2D eigenvalue weighted by atomic mass is 9.94. The summed E-state index contributed by atoms with van der Waals surface area (Å²) in [6.45, 7) is 0. The highest BCUT2D eigenvalue weighted by Crippen LogP contribution is 2.46. The lowest BCUT2D eigenvalue weighted by molar-refractivity contribution is 1.16. The molecule has 11 heteroatoms. The third-order valence-corrected chi connectivity index (χ3v) is 28.1. The molecule has 0 spiro atoms. The molecule has 0 fully saturated rings. The third kappa shape index (κ3) is 15.1. The van der Waals surface area contributed by atoms with Crippen molar-refractivity contribution in [2.75, 3.05) is 0 Å². The lowest BCUT2D eigenvalue weighted by Gasteiger charge is -2.14. The van der Waals surface area contributed by atoms with Crippen molar-refractivity contribution in [2.45, 2.75) is 0 Å². The van der Waals surface area contributed by atoms with Crippen molar-refractivity contribution >= 4 is 109 Å². The fourth-order valence-electron chi connectivity index (χ4n) is 21.2. The standard InChI is InChI=1S/C67H43N5.C66H42N6/c1-5-17-45(18-6-1)61-43-62(70-67(69-61)47-19-7-2-8-20-47)46-31-29-44(30-32-46)55-42-60(50-35-38-66-58(41-50)54-26-14-16-28-64(54)72(66)52-23-11-4-12-24-52)68-59-36-33-48(39-56(55)59)49-34-37-65-57(40-49)53-25-13-15-27-63(53)71(65)51-21-9-3-10-22-51;1-5-17-43(18-6-1)60-41-61(70-66(69-60)44-19-7-2-8-20-44)58-34-30-48(42-67-58)53-40-59(47-32-36-65-56(39-47)52-26-14-16-28-63(52)72(65)50-23-11-4-12-24-50)68-57-33-29-45(37-54(53)57)46-31-35-64-55(38-46)51-25-13-15-27-62(51)71(64)49-21-9-3-10-22-49/h1-43H;1-42H. The molecule has 0 unspecified atom stereocenters. The summed E-state index contributed by atoms with van der Waals surface area (Å²) in [5, 5.41) is 11.8. The molecule has 0 amide bonds. The Balaban J connectivity index is 0.000000143. The van der Waals surface area contributed by atoms with E-state index in [4.69, 9.17) is 34.9 Å². The van der Waals surface area contributed by atoms with Gasteiger partial charge in [0.2, 0.25) is 0 Å². The first-order valence-corrected chi connectivity index (χ1v) is 48.7. The molecule has 0 aliphatic rings. The number of aromatic nitrogens is 11. The zero-order valence-corrected chi connectivity index (χ0v) is 78.0. The molecule has 0 atom stereocenters. The summed E-state index contributed by atoms with van der Waals surface area (Å²) >= 11 is 0. The number of nitrogens with zero attached hydrogens (tertiary/aromatic N) is 11. The van der Waals surface area contributed by atoms with Gasteiger partial charge in [-0.05, 0) is 215 Å². The van der Waals surface area contributed by atoms with Crippen molar-refractivity contribution in [3.63, 3.8) is 0 Å². The van der Waals surface area contributed by atoms with Crippen LogP contribution >= 0.6 is 0 Å². The highest BCUT2D eigenvalue weighted by Gasteiger charge is 2.24. The van der Waals surface area contributed by atoms with Gasteiger partial charge < -0.3 is 18.3 Å². The second kappa shape index (κ2) is 35.5. The fraction of sp³-hybridized carbons (Fsp3) is 0. The minimum absolute atomic E-state index is 0.654. The van der Waals surface area contributed by atoms with Crippen LogP contribution in [0.25, 0.3) is 267 Å². The van der Waals surface area contributed by atoms with Crippen LogP contribution in [-0.4, -0.2) is 53.2 Å². The van der Waals surface area contributed by atoms with Gasteiger partial charge >= 0.3 is 0 Å². The summed E-state index contributed by atoms with van der Waals surface area (Å²) in [7, 11) is 0. The van der Waals surface area contributed by atoms with E-state index in [1.807, 2.05) is 85.1 Å². The molecule has 0 saturated carbocycles. The quantitative estimate of drug-likeness (QED) is 0.0947. The minimum Gasteiger partial charge on any atom is -0.309 e. The molecule has 672 valence electrons. The van der Waals surface area contributed by atoms with E-state index in [0.717, 1.165) is 179 Å². The summed E-state index contributed by atoms with van der Waals surface area (Å²) < 4.78 is 9.43. The smallest absolute Gasteiger partial charge is 0.160 e. The van der Waals surface area contributed by atoms with E-state index in [-0.39, 0.29) is 0 Å². The molecule has 28 aromatic rings. The summed E-state index contributed by atoms with van der Waals surface area (Å²) in [4.78, 5) is 36.4. The van der Waals surface area contributed by atoms with Crippen LogP contribution in [0.3, 0.4) is 0 Å². The molecule has 0 radical (unpaired) electrons. The van der Waals surface area contributed by atoms with Crippen molar-refractivity contribution in [3.05, 3.63) is 516 Å². The van der Waals surface area contributed by atoms with E-state index >= 15 is 0 Å². The third-order valence-electron chi connectivity index (χ3n) is 28.1. The average Bonchev–Trinajstić information content (AvgIpc) is 1.60. The summed E-state index contributed by atoms with van der Waals surface area (Å²) in [6, 6.07) is 181. The topological polar surface area (TPSA) is 110 Å². The van der Waals surface area contributed by atoms with Crippen LogP contribution in [0.4, 0.5) is 0 Å². The molecule has 0 aliphatic carbocycles. The normalized spacial score (nSPS) is 11.6. The van der Waals surface area contributed by atoms with Crippen LogP contribution in [0, 0.1) is 0 Å². The van der Waals surface area contributed by atoms with Crippen molar-refractivity contribution in [2.24, 2.45) is 0 Å². The Morgan fingerprint density at radius 2 is 0.375 bits per heavy atom. The molecule has 19 aromatic carbocycles. The van der Waals surface area contributed by atoms with E-state index in [0.29, 0.717) is 11.6 Å². The summed E-state index contributed by atoms with van der Waals surface area (Å²) in [6.07, 6.45) is 1.98. The Hall–Kier alpha value is -19.5. The number of pyridine rings is 3. The summed E-state index contributed by atoms with van der Waals surface area (Å²) in [5.41, 5.74) is 37.5. The van der Waals surface area contributed by atoms with Gasteiger partial charge in [0.15, 0.2) is 11.6 Å². The molecule has 0 N–H and O–H groups in total. The molecule has 144 heavy (non-hydrogen) atoms. The highest BCUT2D eigenvalue weighted by atomic mass is 15.0. The summed E-state index contributed by atoms with van der Waals surface area (Å²) in [5.74, 6) is 1.35. The maximum atomic E-state index is 5.46. The van der Waals surface area contributed by atoms with E-state index in [9.17, 15) is 0 Å². The van der Waals surface area contributed by atoms with Gasteiger partial charge in [0.05, 0.1) is 95.0 Å². The van der Waals surface area contributed by atoms with Gasteiger partial charge in [0, 0.05) is 127 Å². The Labute approximate surface area is 829 Å². The van der Waals surface area contributed by atoms with Crippen LogP contribution in [0.15, 0.2) is 516 Å². The maximum absolute atomic E-state index is 5.46. The van der Waals surface area contributed by atoms with Crippen LogP contribution in [0.1, 0.15) is 0 Å².